The SMILES string of the molecule is Clc1cccc(-c2nc(-c3ccccc3)nc(-c3ccccc3)n2)c1.c1ccc(-c2nc(-c3ccccc3)nc(-c3cccc(-n4c5ccccc5c5ccc6cc[se]c6c54)c3)n2)cc1.c1ccc2c(c1)Cc1c-2ccc2cc[se]c12. The first-order valence-electron chi connectivity index (χ1n) is 26.6. The molecule has 15 aromatic rings. The fraction of sp³-hybridized carbons (Fsp3) is 0.0141. The summed E-state index contributed by atoms with van der Waals surface area (Å²) in [6.07, 6.45) is 1.14. The van der Waals surface area contributed by atoms with Gasteiger partial charge in [-0.25, -0.2) is 15.0 Å². The number of rotatable bonds is 7. The van der Waals surface area contributed by atoms with Crippen molar-refractivity contribution in [2.75, 3.05) is 0 Å². The number of halogens is 1. The number of aromatic nitrogens is 7. The number of nitrogens with zero attached hydrogens (tertiary/aromatic N) is 7. The minimum absolute atomic E-state index is 0.308. The Labute approximate surface area is 485 Å². The fourth-order valence-electron chi connectivity index (χ4n) is 10.7. The van der Waals surface area contributed by atoms with Crippen LogP contribution in [0.3, 0.4) is 0 Å². The zero-order chi connectivity index (χ0) is 54.1. The molecule has 0 N–H and O–H groups in total. The summed E-state index contributed by atoms with van der Waals surface area (Å²) in [4.78, 5) is 33.4. The van der Waals surface area contributed by atoms with Crippen molar-refractivity contribution in [2.24, 2.45) is 0 Å². The van der Waals surface area contributed by atoms with Crippen LogP contribution < -0.4 is 0 Å². The van der Waals surface area contributed by atoms with Crippen molar-refractivity contribution in [1.29, 1.82) is 0 Å². The van der Waals surface area contributed by atoms with Crippen LogP contribution in [0.1, 0.15) is 11.1 Å². The number of para-hydroxylation sites is 1. The summed E-state index contributed by atoms with van der Waals surface area (Å²) in [7, 11) is 0. The van der Waals surface area contributed by atoms with Gasteiger partial charge in [-0.2, -0.15) is 0 Å². The third-order valence-electron chi connectivity index (χ3n) is 14.5. The van der Waals surface area contributed by atoms with Gasteiger partial charge in [-0.1, -0.05) is 96.5 Å². The monoisotopic (exact) mass is 1190 g/mol. The van der Waals surface area contributed by atoms with Gasteiger partial charge < -0.3 is 0 Å². The van der Waals surface area contributed by atoms with E-state index in [-0.39, 0.29) is 0 Å². The molecule has 384 valence electrons. The minimum atomic E-state index is 0.308. The van der Waals surface area contributed by atoms with E-state index in [0.717, 1.165) is 45.5 Å². The Morgan fingerprint density at radius 2 is 0.802 bits per heavy atom. The molecule has 0 spiro atoms. The summed E-state index contributed by atoms with van der Waals surface area (Å²) in [5.74, 6) is 3.88. The van der Waals surface area contributed by atoms with Crippen LogP contribution >= 0.6 is 11.6 Å². The Hall–Kier alpha value is -9.17. The summed E-state index contributed by atoms with van der Waals surface area (Å²) >= 11 is 7.00. The van der Waals surface area contributed by atoms with Crippen LogP contribution in [-0.4, -0.2) is 63.5 Å². The molecule has 1 aliphatic carbocycles. The summed E-state index contributed by atoms with van der Waals surface area (Å²) in [6.45, 7) is 0. The number of benzene rings is 10. The second kappa shape index (κ2) is 22.2. The summed E-state index contributed by atoms with van der Waals surface area (Å²) in [5, 5.41) is 5.99. The van der Waals surface area contributed by atoms with Gasteiger partial charge in [0.15, 0.2) is 17.5 Å². The third kappa shape index (κ3) is 10.0. The number of hydrogen-bond donors (Lipinski definition) is 0. The van der Waals surface area contributed by atoms with Crippen LogP contribution in [0.5, 0.6) is 0 Å². The molecule has 1 aliphatic rings. The standard InChI is InChI=1S/C35H22N4Se.C21H14ClN3.C15H10Se/c1-3-10-24(11-4-1)33-36-34(25-12-5-2-6-13-25)38-35(37-33)26-14-9-15-27(22-26)39-30-17-8-7-16-28(30)29-19-18-23-20-21-40-32(23)31(29)39;22-18-13-7-12-17(14-18)21-24-19(15-8-3-1-4-9-15)23-20(25-21)16-10-5-2-6-11-16;1-2-4-12-11(3-1)9-14-13(12)6-5-10-7-8-16-15(10)14/h1-22H;1-14H;1-8H,9H2. The van der Waals surface area contributed by atoms with Crippen LogP contribution in [0.2, 0.25) is 5.02 Å². The van der Waals surface area contributed by atoms with Crippen molar-refractivity contribution in [1.82, 2.24) is 34.5 Å². The van der Waals surface area contributed by atoms with E-state index >= 15 is 0 Å². The molecule has 5 heterocycles. The molecule has 0 unspecified atom stereocenters. The van der Waals surface area contributed by atoms with E-state index < -0.39 is 0 Å². The molecular formula is C71H46ClN7Se2. The fourth-order valence-corrected chi connectivity index (χ4v) is 14.8. The van der Waals surface area contributed by atoms with E-state index in [4.69, 9.17) is 26.6 Å². The second-order valence-electron chi connectivity index (χ2n) is 19.6. The van der Waals surface area contributed by atoms with Gasteiger partial charge in [-0.3, -0.25) is 0 Å². The van der Waals surface area contributed by atoms with Crippen LogP contribution in [0.4, 0.5) is 0 Å². The molecule has 16 rings (SSSR count). The molecule has 10 aromatic carbocycles. The maximum absolute atomic E-state index is 6.14. The zero-order valence-corrected chi connectivity index (χ0v) is 47.6. The summed E-state index contributed by atoms with van der Waals surface area (Å²) < 4.78 is 5.46. The molecule has 81 heavy (non-hydrogen) atoms. The van der Waals surface area contributed by atoms with Gasteiger partial charge in [0.1, 0.15) is 0 Å². The Balaban J connectivity index is 0.000000121. The van der Waals surface area contributed by atoms with E-state index in [1.807, 2.05) is 146 Å². The van der Waals surface area contributed by atoms with Crippen LogP contribution in [0.25, 0.3) is 126 Å². The van der Waals surface area contributed by atoms with Crippen molar-refractivity contribution in [2.45, 2.75) is 6.42 Å². The van der Waals surface area contributed by atoms with Gasteiger partial charge in [-0.05, 0) is 12.1 Å². The molecule has 0 radical (unpaired) electrons. The summed E-state index contributed by atoms with van der Waals surface area (Å²) in [5.41, 5.74) is 15.3. The molecule has 7 nitrogen and oxygen atoms in total. The first-order chi connectivity index (χ1) is 40.1. The maximum atomic E-state index is 6.14. The van der Waals surface area contributed by atoms with E-state index in [1.165, 1.54) is 53.5 Å². The molecular weight excluding hydrogens is 1140 g/mol. The van der Waals surface area contributed by atoms with Crippen molar-refractivity contribution < 1.29 is 0 Å². The molecule has 5 aromatic heterocycles. The number of fused-ring (bicyclic) bond motifs is 10. The van der Waals surface area contributed by atoms with Crippen molar-refractivity contribution >= 4 is 81.7 Å². The predicted octanol–water partition coefficient (Wildman–Crippen LogP) is 17.2. The van der Waals surface area contributed by atoms with E-state index in [9.17, 15) is 0 Å². The van der Waals surface area contributed by atoms with E-state index in [0.29, 0.717) is 69.0 Å². The van der Waals surface area contributed by atoms with Crippen LogP contribution in [-0.2, 0) is 6.42 Å². The van der Waals surface area contributed by atoms with E-state index in [2.05, 4.69) is 139 Å². The average Bonchev–Trinajstić information content (AvgIpc) is 4.41. The zero-order valence-electron chi connectivity index (χ0n) is 43.4. The molecule has 10 heteroatoms. The van der Waals surface area contributed by atoms with Gasteiger partial charge in [0.2, 0.25) is 0 Å². The topological polar surface area (TPSA) is 82.3 Å². The summed E-state index contributed by atoms with van der Waals surface area (Å²) in [6, 6.07) is 87.3. The Bertz CT molecular complexity index is 4640. The molecule has 0 amide bonds. The first-order valence-corrected chi connectivity index (χ1v) is 30.7. The Morgan fingerprint density at radius 1 is 0.346 bits per heavy atom. The Kier molecular flexibility index (Phi) is 13.7. The van der Waals surface area contributed by atoms with E-state index in [1.54, 1.807) is 9.82 Å². The van der Waals surface area contributed by atoms with Gasteiger partial charge >= 0.3 is 326 Å². The molecule has 0 fully saturated rings. The molecule has 0 saturated carbocycles. The quantitative estimate of drug-likeness (QED) is 0.148. The molecule has 0 aliphatic heterocycles. The normalized spacial score (nSPS) is 11.5. The molecule has 0 atom stereocenters. The van der Waals surface area contributed by atoms with Gasteiger partial charge in [0.25, 0.3) is 0 Å². The van der Waals surface area contributed by atoms with Crippen molar-refractivity contribution in [3.05, 3.63) is 281 Å². The first kappa shape index (κ1) is 50.1. The van der Waals surface area contributed by atoms with Gasteiger partial charge in [0, 0.05) is 21.7 Å². The third-order valence-corrected chi connectivity index (χ3v) is 18.8. The van der Waals surface area contributed by atoms with Gasteiger partial charge in [-0.15, -0.1) is 0 Å². The Morgan fingerprint density at radius 3 is 1.38 bits per heavy atom. The number of hydrogen-bond acceptors (Lipinski definition) is 6. The predicted molar refractivity (Wildman–Crippen MR) is 335 cm³/mol. The second-order valence-corrected chi connectivity index (χ2v) is 23.8. The van der Waals surface area contributed by atoms with Crippen molar-refractivity contribution in [3.8, 4) is 85.1 Å². The van der Waals surface area contributed by atoms with Crippen LogP contribution in [0, 0.1) is 0 Å². The van der Waals surface area contributed by atoms with Crippen molar-refractivity contribution in [3.63, 3.8) is 0 Å². The molecule has 0 bridgehead atoms. The van der Waals surface area contributed by atoms with Crippen LogP contribution in [0.15, 0.2) is 265 Å². The average molecular weight is 1190 g/mol. The molecule has 0 saturated heterocycles. The van der Waals surface area contributed by atoms with Gasteiger partial charge in [0.05, 0.1) is 0 Å².